The predicted octanol–water partition coefficient (Wildman–Crippen LogP) is 2.05. The Morgan fingerprint density at radius 3 is 1.98 bits per heavy atom. The molecule has 2 aromatic rings. The molecule has 10 heteroatoms. The Kier molecular flexibility index (Phi) is 7.82. The van der Waals surface area contributed by atoms with Crippen molar-refractivity contribution < 1.29 is 24.3 Å². The van der Waals surface area contributed by atoms with Crippen molar-refractivity contribution in [2.45, 2.75) is 49.6 Å². The van der Waals surface area contributed by atoms with Crippen molar-refractivity contribution in [3.05, 3.63) is 69.8 Å². The average molecular weight is 572 g/mol. The Hall–Kier alpha value is -4.23. The Morgan fingerprint density at radius 2 is 1.50 bits per heavy atom. The number of nitrogens with one attached hydrogen (secondary N) is 1. The van der Waals surface area contributed by atoms with Crippen LogP contribution in [0.4, 0.5) is 0 Å². The zero-order chi connectivity index (χ0) is 30.3. The summed E-state index contributed by atoms with van der Waals surface area (Å²) in [6.07, 6.45) is 2.82. The molecule has 2 aromatic carbocycles. The lowest BCUT2D eigenvalue weighted by Gasteiger charge is -2.33. The fourth-order valence-electron chi connectivity index (χ4n) is 6.73. The van der Waals surface area contributed by atoms with E-state index in [4.69, 9.17) is 0 Å². The number of rotatable bonds is 8. The normalized spacial score (nSPS) is 21.2. The second-order valence-electron chi connectivity index (χ2n) is 12.0. The number of hydrogen-bond acceptors (Lipinski definition) is 6. The molecule has 1 unspecified atom stereocenters. The Balaban J connectivity index is 1.49. The van der Waals surface area contributed by atoms with Crippen molar-refractivity contribution in [2.24, 2.45) is 5.92 Å². The van der Waals surface area contributed by atoms with Gasteiger partial charge in [0, 0.05) is 45.4 Å². The largest absolute Gasteiger partial charge is 0.480 e. The van der Waals surface area contributed by atoms with Gasteiger partial charge in [0.2, 0.25) is 5.91 Å². The first-order valence-corrected chi connectivity index (χ1v) is 14.3. The molecule has 3 atom stereocenters. The van der Waals surface area contributed by atoms with Crippen LogP contribution in [0.3, 0.4) is 0 Å². The zero-order valence-corrected chi connectivity index (χ0v) is 24.5. The van der Waals surface area contributed by atoms with E-state index in [0.717, 1.165) is 24.0 Å². The molecule has 42 heavy (non-hydrogen) atoms. The average Bonchev–Trinajstić information content (AvgIpc) is 3.66. The summed E-state index contributed by atoms with van der Waals surface area (Å²) in [6.45, 7) is 0.246. The number of nitriles is 1. The lowest BCUT2D eigenvalue weighted by molar-refractivity contribution is -0.142. The van der Waals surface area contributed by atoms with Crippen LogP contribution in [0.15, 0.2) is 36.4 Å². The van der Waals surface area contributed by atoms with E-state index in [9.17, 15) is 29.5 Å². The van der Waals surface area contributed by atoms with E-state index in [0.29, 0.717) is 41.0 Å². The van der Waals surface area contributed by atoms with E-state index in [1.165, 1.54) is 9.80 Å². The van der Waals surface area contributed by atoms with Gasteiger partial charge in [-0.05, 0) is 91.1 Å². The first-order chi connectivity index (χ1) is 20.0. The van der Waals surface area contributed by atoms with E-state index in [1.54, 1.807) is 69.5 Å². The number of carboxylic acids is 1. The van der Waals surface area contributed by atoms with Gasteiger partial charge in [-0.3, -0.25) is 19.2 Å². The van der Waals surface area contributed by atoms with Crippen LogP contribution in [0.25, 0.3) is 0 Å². The second kappa shape index (κ2) is 11.2. The van der Waals surface area contributed by atoms with Gasteiger partial charge in [-0.2, -0.15) is 5.26 Å². The van der Waals surface area contributed by atoms with Crippen molar-refractivity contribution >= 4 is 23.7 Å². The number of nitrogens with zero attached hydrogens (tertiary/aromatic N) is 4. The van der Waals surface area contributed by atoms with Gasteiger partial charge in [0.15, 0.2) is 0 Å². The molecule has 220 valence electrons. The summed E-state index contributed by atoms with van der Waals surface area (Å²) in [6, 6.07) is 12.4. The maximum absolute atomic E-state index is 13.4. The van der Waals surface area contributed by atoms with Gasteiger partial charge in [-0.1, -0.05) is 12.1 Å². The highest BCUT2D eigenvalue weighted by Crippen LogP contribution is 2.47. The molecule has 1 saturated carbocycles. The van der Waals surface area contributed by atoms with Crippen LogP contribution in [0.2, 0.25) is 0 Å². The van der Waals surface area contributed by atoms with Crippen molar-refractivity contribution in [3.63, 3.8) is 0 Å². The maximum atomic E-state index is 13.4. The Bertz CT molecular complexity index is 1420. The Morgan fingerprint density at radius 1 is 0.952 bits per heavy atom. The Labute approximate surface area is 245 Å². The molecule has 0 spiro atoms. The molecular formula is C32H37N5O5. The highest BCUT2D eigenvalue weighted by atomic mass is 16.4. The third kappa shape index (κ3) is 5.02. The number of aliphatic carboxylic acids is 1. The van der Waals surface area contributed by atoms with Crippen molar-refractivity contribution in [3.8, 4) is 6.07 Å². The summed E-state index contributed by atoms with van der Waals surface area (Å²) >= 11 is 0. The van der Waals surface area contributed by atoms with E-state index in [1.807, 2.05) is 0 Å². The third-order valence-corrected chi connectivity index (χ3v) is 8.96. The number of aryl methyl sites for hydroxylation is 2. The number of hydrogen-bond donors (Lipinski definition) is 2. The van der Waals surface area contributed by atoms with Crippen LogP contribution in [0, 0.1) is 17.2 Å². The standard InChI is InChI=1S/C32H37N5O5/c1-35(2)29(39)21-7-9-25-19(13-21)5-6-20-14-22(30(40)36(3)4)8-10-26(20)32(25,31(41)42)11-12-34-18-28(38)37-24(17-33)15-23-16-27(23)37/h7-10,13-14,23-24,27,34H,5-6,11-12,15-16,18H2,1-4H3,(H,41,42)/t23-,24?,27+/m1/s1. The second-order valence-corrected chi connectivity index (χ2v) is 12.0. The summed E-state index contributed by atoms with van der Waals surface area (Å²) in [4.78, 5) is 56.6. The third-order valence-electron chi connectivity index (χ3n) is 8.96. The number of likely N-dealkylation sites (tertiary alicyclic amines) is 1. The number of piperidine rings is 1. The quantitative estimate of drug-likeness (QED) is 0.463. The van der Waals surface area contributed by atoms with Crippen LogP contribution >= 0.6 is 0 Å². The smallest absolute Gasteiger partial charge is 0.318 e. The van der Waals surface area contributed by atoms with Crippen LogP contribution < -0.4 is 5.32 Å². The van der Waals surface area contributed by atoms with E-state index < -0.39 is 17.4 Å². The summed E-state index contributed by atoms with van der Waals surface area (Å²) < 4.78 is 0. The van der Waals surface area contributed by atoms with Crippen LogP contribution in [-0.2, 0) is 27.8 Å². The van der Waals surface area contributed by atoms with Crippen LogP contribution in [-0.4, -0.2) is 96.9 Å². The van der Waals surface area contributed by atoms with Gasteiger partial charge >= 0.3 is 5.97 Å². The summed E-state index contributed by atoms with van der Waals surface area (Å²) in [5, 5.41) is 23.6. The fourth-order valence-corrected chi connectivity index (χ4v) is 6.73. The highest BCUT2D eigenvalue weighted by Gasteiger charge is 2.54. The summed E-state index contributed by atoms with van der Waals surface area (Å²) in [5.74, 6) is -1.11. The molecule has 0 bridgehead atoms. The molecule has 2 N–H and O–H groups in total. The zero-order valence-electron chi connectivity index (χ0n) is 24.5. The fraction of sp³-hybridized carbons (Fsp3) is 0.469. The highest BCUT2D eigenvalue weighted by molar-refractivity contribution is 5.96. The number of carbonyl (C=O) groups is 4. The van der Waals surface area contributed by atoms with E-state index >= 15 is 0 Å². The van der Waals surface area contributed by atoms with Crippen molar-refractivity contribution in [1.29, 1.82) is 5.26 Å². The molecular weight excluding hydrogens is 534 g/mol. The number of fused-ring (bicyclic) bond motifs is 3. The molecule has 5 rings (SSSR count). The number of carboxylic acid groups (broad SMARTS) is 1. The lowest BCUT2D eigenvalue weighted by atomic mass is 9.69. The van der Waals surface area contributed by atoms with Gasteiger partial charge in [0.05, 0.1) is 12.6 Å². The number of amides is 3. The molecule has 3 amide bonds. The first kappa shape index (κ1) is 29.3. The van der Waals surface area contributed by atoms with Crippen LogP contribution in [0.5, 0.6) is 0 Å². The molecule has 2 aliphatic carbocycles. The van der Waals surface area contributed by atoms with Gasteiger partial charge in [-0.15, -0.1) is 0 Å². The summed E-state index contributed by atoms with van der Waals surface area (Å²) in [5.41, 5.74) is 2.24. The van der Waals surface area contributed by atoms with E-state index in [2.05, 4.69) is 11.4 Å². The van der Waals surface area contributed by atoms with Gasteiger partial charge < -0.3 is 25.1 Å². The minimum atomic E-state index is -1.47. The van der Waals surface area contributed by atoms with E-state index in [-0.39, 0.29) is 43.3 Å². The predicted molar refractivity (Wildman–Crippen MR) is 155 cm³/mol. The minimum Gasteiger partial charge on any atom is -0.480 e. The molecule has 10 nitrogen and oxygen atoms in total. The minimum absolute atomic E-state index is 0.0172. The van der Waals surface area contributed by atoms with Gasteiger partial charge in [-0.25, -0.2) is 0 Å². The van der Waals surface area contributed by atoms with Gasteiger partial charge in [0.1, 0.15) is 11.5 Å². The molecule has 0 aromatic heterocycles. The monoisotopic (exact) mass is 571 g/mol. The maximum Gasteiger partial charge on any atom is 0.318 e. The molecule has 0 radical (unpaired) electrons. The van der Waals surface area contributed by atoms with Crippen molar-refractivity contribution in [2.75, 3.05) is 41.3 Å². The molecule has 2 fully saturated rings. The van der Waals surface area contributed by atoms with Crippen LogP contribution in [0.1, 0.15) is 62.2 Å². The molecule has 3 aliphatic rings. The molecule has 1 aliphatic heterocycles. The summed E-state index contributed by atoms with van der Waals surface area (Å²) in [7, 11) is 6.69. The van der Waals surface area contributed by atoms with Crippen molar-refractivity contribution in [1.82, 2.24) is 20.0 Å². The van der Waals surface area contributed by atoms with Gasteiger partial charge in [0.25, 0.3) is 11.8 Å². The first-order valence-electron chi connectivity index (χ1n) is 14.3. The number of carbonyl (C=O) groups excluding carboxylic acids is 3. The lowest BCUT2D eigenvalue weighted by Crippen LogP contribution is -2.45. The molecule has 1 heterocycles. The topological polar surface area (TPSA) is 134 Å². The SMILES string of the molecule is CN(C)C(=O)c1ccc2c(c1)CCc1cc(C(=O)N(C)C)ccc1C2(CCNCC(=O)N1C(C#N)C[C@@H]2C[C@@H]21)C(=O)O. The molecule has 1 saturated heterocycles. The number of benzene rings is 2.